The van der Waals surface area contributed by atoms with E-state index in [1.807, 2.05) is 0 Å². The highest BCUT2D eigenvalue weighted by Gasteiger charge is 2.58. The summed E-state index contributed by atoms with van der Waals surface area (Å²) < 4.78 is 10.2. The molecule has 0 aromatic carbocycles. The van der Waals surface area contributed by atoms with Crippen molar-refractivity contribution < 1.29 is 19.1 Å². The molecule has 0 aromatic rings. The van der Waals surface area contributed by atoms with Crippen LogP contribution in [0.4, 0.5) is 0 Å². The highest BCUT2D eigenvalue weighted by atomic mass is 16.5. The number of ether oxygens (including phenoxy) is 2. The van der Waals surface area contributed by atoms with Gasteiger partial charge in [-0.25, -0.2) is 4.79 Å². The van der Waals surface area contributed by atoms with Gasteiger partial charge in [-0.3, -0.25) is 4.79 Å². The van der Waals surface area contributed by atoms with Gasteiger partial charge in [-0.2, -0.15) is 0 Å². The highest BCUT2D eigenvalue weighted by molar-refractivity contribution is 5.90. The summed E-state index contributed by atoms with van der Waals surface area (Å²) in [5.74, 6) is -0.379. The van der Waals surface area contributed by atoms with Crippen LogP contribution in [0.3, 0.4) is 0 Å². The Bertz CT molecular complexity index is 309. The van der Waals surface area contributed by atoms with E-state index in [4.69, 9.17) is 9.47 Å². The smallest absolute Gasteiger partial charge is 0.329 e. The Morgan fingerprint density at radius 3 is 2.81 bits per heavy atom. The average molecular weight is 227 g/mol. The van der Waals surface area contributed by atoms with E-state index in [1.165, 1.54) is 0 Å². The molecule has 5 nitrogen and oxygen atoms in total. The van der Waals surface area contributed by atoms with Crippen molar-refractivity contribution in [3.05, 3.63) is 0 Å². The van der Waals surface area contributed by atoms with Crippen molar-refractivity contribution in [2.45, 2.75) is 38.3 Å². The van der Waals surface area contributed by atoms with Crippen LogP contribution < -0.4 is 5.32 Å². The topological polar surface area (TPSA) is 64.6 Å². The zero-order chi connectivity index (χ0) is 11.8. The van der Waals surface area contributed by atoms with Gasteiger partial charge < -0.3 is 14.8 Å². The molecular weight excluding hydrogens is 210 g/mol. The van der Waals surface area contributed by atoms with E-state index in [1.54, 1.807) is 14.0 Å². The Morgan fingerprint density at radius 1 is 1.56 bits per heavy atom. The number of nitrogens with one attached hydrogen (secondary N) is 1. The van der Waals surface area contributed by atoms with E-state index in [0.29, 0.717) is 13.0 Å². The molecule has 16 heavy (non-hydrogen) atoms. The van der Waals surface area contributed by atoms with Crippen LogP contribution in [0.15, 0.2) is 0 Å². The van der Waals surface area contributed by atoms with Crippen molar-refractivity contribution in [1.29, 1.82) is 0 Å². The largest absolute Gasteiger partial charge is 0.464 e. The van der Waals surface area contributed by atoms with Gasteiger partial charge in [0, 0.05) is 18.9 Å². The molecule has 0 bridgehead atoms. The molecule has 1 spiro atoms. The summed E-state index contributed by atoms with van der Waals surface area (Å²) in [5, 5.41) is 2.71. The number of methoxy groups -OCH3 is 1. The molecule has 1 saturated carbocycles. The number of amides is 1. The molecule has 5 heteroatoms. The molecule has 1 amide bonds. The van der Waals surface area contributed by atoms with Gasteiger partial charge in [0.05, 0.1) is 12.7 Å². The van der Waals surface area contributed by atoms with Gasteiger partial charge in [0.25, 0.3) is 0 Å². The summed E-state index contributed by atoms with van der Waals surface area (Å²) in [6.45, 7) is 2.11. The van der Waals surface area contributed by atoms with Crippen LogP contribution in [0.5, 0.6) is 0 Å². The SMILES string of the molecule is CCOC(=O)C1NC(=O)CC12CC(OC)C2. The molecule has 0 radical (unpaired) electrons. The van der Waals surface area contributed by atoms with E-state index in [0.717, 1.165) is 12.8 Å². The lowest BCUT2D eigenvalue weighted by molar-refractivity contribution is -0.154. The van der Waals surface area contributed by atoms with Crippen LogP contribution in [0.1, 0.15) is 26.2 Å². The highest BCUT2D eigenvalue weighted by Crippen LogP contribution is 2.51. The molecule has 1 heterocycles. The third kappa shape index (κ3) is 1.69. The summed E-state index contributed by atoms with van der Waals surface area (Å²) in [7, 11) is 1.65. The van der Waals surface area contributed by atoms with E-state index in [-0.39, 0.29) is 23.4 Å². The maximum atomic E-state index is 11.7. The molecule has 2 aliphatic rings. The second kappa shape index (κ2) is 4.05. The predicted octanol–water partition coefficient (Wildman–Crippen LogP) is 0.233. The van der Waals surface area contributed by atoms with Crippen LogP contribution in [0.2, 0.25) is 0 Å². The first-order valence-electron chi connectivity index (χ1n) is 5.60. The van der Waals surface area contributed by atoms with Crippen molar-refractivity contribution in [2.75, 3.05) is 13.7 Å². The maximum Gasteiger partial charge on any atom is 0.329 e. The summed E-state index contributed by atoms with van der Waals surface area (Å²) >= 11 is 0. The Kier molecular flexibility index (Phi) is 2.88. The number of carbonyl (C=O) groups excluding carboxylic acids is 2. The number of carbonyl (C=O) groups is 2. The van der Waals surface area contributed by atoms with Gasteiger partial charge in [-0.15, -0.1) is 0 Å². The van der Waals surface area contributed by atoms with Crippen molar-refractivity contribution in [2.24, 2.45) is 5.41 Å². The van der Waals surface area contributed by atoms with E-state index in [9.17, 15) is 9.59 Å². The Labute approximate surface area is 94.5 Å². The van der Waals surface area contributed by atoms with Crippen LogP contribution in [-0.4, -0.2) is 37.7 Å². The third-order valence-electron chi connectivity index (χ3n) is 3.55. The molecule has 2 fully saturated rings. The van der Waals surface area contributed by atoms with Crippen molar-refractivity contribution >= 4 is 11.9 Å². The predicted molar refractivity (Wildman–Crippen MR) is 55.6 cm³/mol. The molecule has 0 aromatic heterocycles. The van der Waals surface area contributed by atoms with Crippen molar-refractivity contribution in [1.82, 2.24) is 5.32 Å². The standard InChI is InChI=1S/C11H17NO4/c1-3-16-10(14)9-11(6-8(13)12-9)4-7(5-11)15-2/h7,9H,3-6H2,1-2H3,(H,12,13). The third-order valence-corrected chi connectivity index (χ3v) is 3.55. The summed E-state index contributed by atoms with van der Waals surface area (Å²) in [4.78, 5) is 23.1. The molecule has 1 saturated heterocycles. The first-order chi connectivity index (χ1) is 7.61. The number of hydrogen-bond acceptors (Lipinski definition) is 4. The quantitative estimate of drug-likeness (QED) is 0.701. The minimum Gasteiger partial charge on any atom is -0.464 e. The second-order valence-electron chi connectivity index (χ2n) is 4.56. The molecule has 1 N–H and O–H groups in total. The first kappa shape index (κ1) is 11.4. The second-order valence-corrected chi connectivity index (χ2v) is 4.56. The normalized spacial score (nSPS) is 37.0. The van der Waals surface area contributed by atoms with Gasteiger partial charge in [0.15, 0.2) is 0 Å². The molecule has 1 aliphatic carbocycles. The van der Waals surface area contributed by atoms with Crippen LogP contribution >= 0.6 is 0 Å². The zero-order valence-electron chi connectivity index (χ0n) is 9.62. The van der Waals surface area contributed by atoms with Gasteiger partial charge in [-0.05, 0) is 19.8 Å². The van der Waals surface area contributed by atoms with Gasteiger partial charge >= 0.3 is 5.97 Å². The van der Waals surface area contributed by atoms with E-state index < -0.39 is 6.04 Å². The van der Waals surface area contributed by atoms with Gasteiger partial charge in [-0.1, -0.05) is 0 Å². The van der Waals surface area contributed by atoms with Crippen LogP contribution in [-0.2, 0) is 19.1 Å². The molecule has 1 atom stereocenters. The lowest BCUT2D eigenvalue weighted by Gasteiger charge is -2.45. The fourth-order valence-corrected chi connectivity index (χ4v) is 2.72. The Hall–Kier alpha value is -1.10. The van der Waals surface area contributed by atoms with Gasteiger partial charge in [0.2, 0.25) is 5.91 Å². The van der Waals surface area contributed by atoms with Crippen LogP contribution in [0, 0.1) is 5.41 Å². The lowest BCUT2D eigenvalue weighted by atomic mass is 9.62. The number of rotatable bonds is 3. The molecule has 90 valence electrons. The number of hydrogen-bond donors (Lipinski definition) is 1. The lowest BCUT2D eigenvalue weighted by Crippen LogP contribution is -2.53. The minimum atomic E-state index is -0.480. The van der Waals surface area contributed by atoms with Gasteiger partial charge in [0.1, 0.15) is 6.04 Å². The summed E-state index contributed by atoms with van der Waals surface area (Å²) in [5.41, 5.74) is -0.260. The van der Waals surface area contributed by atoms with Crippen LogP contribution in [0.25, 0.3) is 0 Å². The Morgan fingerprint density at radius 2 is 2.25 bits per heavy atom. The first-order valence-corrected chi connectivity index (χ1v) is 5.60. The molecular formula is C11H17NO4. The maximum absolute atomic E-state index is 11.7. The van der Waals surface area contributed by atoms with E-state index >= 15 is 0 Å². The molecule has 2 rings (SSSR count). The fraction of sp³-hybridized carbons (Fsp3) is 0.818. The summed E-state index contributed by atoms with van der Waals surface area (Å²) in [6, 6.07) is -0.480. The zero-order valence-corrected chi connectivity index (χ0v) is 9.62. The Balaban J connectivity index is 2.06. The minimum absolute atomic E-state index is 0.0624. The fourth-order valence-electron chi connectivity index (χ4n) is 2.72. The number of esters is 1. The van der Waals surface area contributed by atoms with Crippen molar-refractivity contribution in [3.63, 3.8) is 0 Å². The monoisotopic (exact) mass is 227 g/mol. The van der Waals surface area contributed by atoms with Crippen molar-refractivity contribution in [3.8, 4) is 0 Å². The molecule has 1 unspecified atom stereocenters. The van der Waals surface area contributed by atoms with E-state index in [2.05, 4.69) is 5.32 Å². The molecule has 1 aliphatic heterocycles. The summed E-state index contributed by atoms with van der Waals surface area (Å²) in [6.07, 6.45) is 2.10. The average Bonchev–Trinajstić information content (AvgIpc) is 2.54.